The van der Waals surface area contributed by atoms with Gasteiger partial charge in [0.2, 0.25) is 5.78 Å². The van der Waals surface area contributed by atoms with E-state index in [0.29, 0.717) is 23.0 Å². The van der Waals surface area contributed by atoms with Crippen LogP contribution in [0, 0.1) is 11.5 Å². The molecular formula is C23H30OSi. The minimum atomic E-state index is -1.83. The van der Waals surface area contributed by atoms with Gasteiger partial charge in [0.25, 0.3) is 0 Å². The number of rotatable bonds is 5. The van der Waals surface area contributed by atoms with Gasteiger partial charge in [0.15, 0.2) is 0 Å². The third-order valence-electron chi connectivity index (χ3n) is 5.46. The summed E-state index contributed by atoms with van der Waals surface area (Å²) in [6, 6.07) is 14.5. The molecule has 0 aliphatic carbocycles. The molecule has 0 saturated carbocycles. The molecule has 0 aromatic heterocycles. The summed E-state index contributed by atoms with van der Waals surface area (Å²) in [7, 11) is -1.83. The number of ketones is 1. The molecule has 132 valence electrons. The topological polar surface area (TPSA) is 17.1 Å². The molecule has 2 aromatic carbocycles. The van der Waals surface area contributed by atoms with Crippen molar-refractivity contribution in [2.75, 3.05) is 0 Å². The Balaban J connectivity index is 2.24. The summed E-state index contributed by atoms with van der Waals surface area (Å²) in [5.74, 6) is 3.07. The van der Waals surface area contributed by atoms with E-state index in [0.717, 1.165) is 5.56 Å². The molecule has 0 N–H and O–H groups in total. The molecule has 0 unspecified atom stereocenters. The average molecular weight is 351 g/mol. The Morgan fingerprint density at radius 1 is 0.880 bits per heavy atom. The van der Waals surface area contributed by atoms with E-state index in [4.69, 9.17) is 0 Å². The zero-order chi connectivity index (χ0) is 18.6. The summed E-state index contributed by atoms with van der Waals surface area (Å²) >= 11 is 0. The van der Waals surface area contributed by atoms with Crippen LogP contribution in [0.4, 0.5) is 0 Å². The molecular weight excluding hydrogens is 320 g/mol. The normalized spacial score (nSPS) is 11.9. The Labute approximate surface area is 153 Å². The van der Waals surface area contributed by atoms with Crippen LogP contribution in [0.15, 0.2) is 42.5 Å². The molecule has 0 fully saturated rings. The van der Waals surface area contributed by atoms with E-state index in [-0.39, 0.29) is 5.78 Å². The van der Waals surface area contributed by atoms with Crippen LogP contribution >= 0.6 is 0 Å². The first-order valence-corrected chi connectivity index (χ1v) is 11.5. The second-order valence-electron chi connectivity index (χ2n) is 7.93. The Bertz CT molecular complexity index is 784. The summed E-state index contributed by atoms with van der Waals surface area (Å²) in [5.41, 5.74) is 6.22. The molecule has 0 saturated heterocycles. The van der Waals surface area contributed by atoms with Crippen LogP contribution in [0.1, 0.15) is 47.1 Å². The van der Waals surface area contributed by atoms with Crippen molar-refractivity contribution in [2.24, 2.45) is 0 Å². The summed E-state index contributed by atoms with van der Waals surface area (Å²) in [6.45, 7) is 13.6. The van der Waals surface area contributed by atoms with Gasteiger partial charge in [0, 0.05) is 6.42 Å². The second-order valence-corrected chi connectivity index (χ2v) is 13.5. The highest BCUT2D eigenvalue weighted by Crippen LogP contribution is 2.40. The van der Waals surface area contributed by atoms with Gasteiger partial charge >= 0.3 is 0 Å². The molecule has 1 nitrogen and oxygen atoms in total. The van der Waals surface area contributed by atoms with Crippen LogP contribution < -0.4 is 0 Å². The predicted molar refractivity (Wildman–Crippen MR) is 111 cm³/mol. The highest BCUT2D eigenvalue weighted by molar-refractivity contribution is 6.90. The van der Waals surface area contributed by atoms with Crippen LogP contribution in [-0.2, 0) is 11.2 Å². The smallest absolute Gasteiger partial charge is 0.209 e. The lowest BCUT2D eigenvalue weighted by atomic mass is 10.0. The largest absolute Gasteiger partial charge is 0.285 e. The SMILES string of the molecule is CC(C)[Si](C#CC(=O)Cc1ccc2ccccc2c1)(C(C)C)C(C)C. The van der Waals surface area contributed by atoms with Crippen molar-refractivity contribution >= 4 is 24.6 Å². The van der Waals surface area contributed by atoms with Gasteiger partial charge in [0.05, 0.1) is 0 Å². The molecule has 0 aliphatic heterocycles. The molecule has 25 heavy (non-hydrogen) atoms. The fourth-order valence-corrected chi connectivity index (χ4v) is 9.41. The summed E-state index contributed by atoms with van der Waals surface area (Å²) in [5, 5.41) is 2.38. The fourth-order valence-electron chi connectivity index (χ4n) is 4.19. The number of hydrogen-bond acceptors (Lipinski definition) is 1. The van der Waals surface area contributed by atoms with Gasteiger partial charge in [-0.1, -0.05) is 84.0 Å². The summed E-state index contributed by atoms with van der Waals surface area (Å²) < 4.78 is 0. The van der Waals surface area contributed by atoms with Crippen molar-refractivity contribution < 1.29 is 4.79 Å². The molecule has 2 rings (SSSR count). The average Bonchev–Trinajstić information content (AvgIpc) is 2.54. The van der Waals surface area contributed by atoms with Crippen molar-refractivity contribution in [1.29, 1.82) is 0 Å². The Hall–Kier alpha value is -1.85. The molecule has 0 amide bonds. The predicted octanol–water partition coefficient (Wildman–Crippen LogP) is 6.17. The van der Waals surface area contributed by atoms with E-state index in [9.17, 15) is 4.79 Å². The van der Waals surface area contributed by atoms with Crippen molar-refractivity contribution in [2.45, 2.75) is 64.6 Å². The summed E-state index contributed by atoms with van der Waals surface area (Å²) in [6.07, 6.45) is 0.399. The number of Topliss-reactive ketones (excluding diaryl/α,β-unsaturated/α-hetero) is 1. The number of carbonyl (C=O) groups is 1. The standard InChI is InChI=1S/C23H30OSi/c1-17(2)25(18(3)4,19(5)6)14-13-23(24)16-20-11-12-21-9-7-8-10-22(21)15-20/h7-12,15,17-19H,16H2,1-6H3. The Kier molecular flexibility index (Phi) is 6.24. The highest BCUT2D eigenvalue weighted by Gasteiger charge is 2.41. The van der Waals surface area contributed by atoms with Crippen LogP contribution in [-0.4, -0.2) is 13.9 Å². The monoisotopic (exact) mass is 350 g/mol. The first kappa shape index (κ1) is 19.5. The van der Waals surface area contributed by atoms with E-state index in [1.807, 2.05) is 18.2 Å². The Morgan fingerprint density at radius 2 is 1.44 bits per heavy atom. The Morgan fingerprint density at radius 3 is 2.00 bits per heavy atom. The third-order valence-corrected chi connectivity index (χ3v) is 11.8. The number of carbonyl (C=O) groups excluding carboxylic acids is 1. The van der Waals surface area contributed by atoms with Gasteiger partial charge in [-0.25, -0.2) is 0 Å². The lowest BCUT2D eigenvalue weighted by Crippen LogP contribution is -2.43. The van der Waals surface area contributed by atoms with Crippen LogP contribution in [0.25, 0.3) is 10.8 Å². The first-order chi connectivity index (χ1) is 11.8. The van der Waals surface area contributed by atoms with Crippen molar-refractivity contribution in [3.8, 4) is 11.5 Å². The maximum Gasteiger partial charge on any atom is 0.209 e. The maximum atomic E-state index is 12.5. The van der Waals surface area contributed by atoms with Gasteiger partial charge in [-0.15, -0.1) is 5.54 Å². The third kappa shape index (κ3) is 4.22. The number of hydrogen-bond donors (Lipinski definition) is 0. The van der Waals surface area contributed by atoms with Gasteiger partial charge in [-0.05, 0) is 38.9 Å². The highest BCUT2D eigenvalue weighted by atomic mass is 28.3. The minimum absolute atomic E-state index is 0.0362. The van der Waals surface area contributed by atoms with Gasteiger partial charge < -0.3 is 0 Å². The van der Waals surface area contributed by atoms with Crippen molar-refractivity contribution in [1.82, 2.24) is 0 Å². The zero-order valence-electron chi connectivity index (χ0n) is 16.4. The molecule has 0 atom stereocenters. The van der Waals surface area contributed by atoms with Crippen LogP contribution in [0.2, 0.25) is 16.6 Å². The number of fused-ring (bicyclic) bond motifs is 1. The number of benzene rings is 2. The van der Waals surface area contributed by atoms with Crippen molar-refractivity contribution in [3.05, 3.63) is 48.0 Å². The molecule has 2 aromatic rings. The van der Waals surface area contributed by atoms with Gasteiger partial charge in [-0.3, -0.25) is 4.79 Å². The fraction of sp³-hybridized carbons (Fsp3) is 0.435. The lowest BCUT2D eigenvalue weighted by molar-refractivity contribution is -0.113. The zero-order valence-corrected chi connectivity index (χ0v) is 17.4. The van der Waals surface area contributed by atoms with E-state index in [1.165, 1.54) is 10.8 Å². The molecule has 0 aliphatic rings. The molecule has 0 radical (unpaired) electrons. The minimum Gasteiger partial charge on any atom is -0.285 e. The summed E-state index contributed by atoms with van der Waals surface area (Å²) in [4.78, 5) is 12.5. The van der Waals surface area contributed by atoms with Gasteiger partial charge in [0.1, 0.15) is 8.07 Å². The van der Waals surface area contributed by atoms with E-state index in [1.54, 1.807) is 0 Å². The quantitative estimate of drug-likeness (QED) is 0.465. The van der Waals surface area contributed by atoms with E-state index >= 15 is 0 Å². The van der Waals surface area contributed by atoms with Crippen molar-refractivity contribution in [3.63, 3.8) is 0 Å². The molecule has 0 bridgehead atoms. The first-order valence-electron chi connectivity index (χ1n) is 9.31. The molecule has 0 heterocycles. The maximum absolute atomic E-state index is 12.5. The van der Waals surface area contributed by atoms with E-state index < -0.39 is 8.07 Å². The second kappa shape index (κ2) is 8.02. The molecule has 2 heteroatoms. The van der Waals surface area contributed by atoms with Crippen LogP contribution in [0.5, 0.6) is 0 Å². The van der Waals surface area contributed by atoms with Crippen LogP contribution in [0.3, 0.4) is 0 Å². The van der Waals surface area contributed by atoms with Gasteiger partial charge in [-0.2, -0.15) is 0 Å². The van der Waals surface area contributed by atoms with E-state index in [2.05, 4.69) is 77.3 Å². The molecule has 0 spiro atoms. The lowest BCUT2D eigenvalue weighted by Gasteiger charge is -2.37.